The van der Waals surface area contributed by atoms with Crippen molar-refractivity contribution in [3.05, 3.63) is 24.3 Å². The molecular weight excluding hydrogens is 158 g/mol. The van der Waals surface area contributed by atoms with Crippen molar-refractivity contribution >= 4 is 17.8 Å². The molecule has 62 valence electrons. The Morgan fingerprint density at radius 1 is 1.73 bits per heavy atom. The third-order valence-corrected chi connectivity index (χ3v) is 1.61. The van der Waals surface area contributed by atoms with Crippen LogP contribution in [0.5, 0.6) is 0 Å². The molecule has 0 amide bonds. The first kappa shape index (κ1) is 10.4. The van der Waals surface area contributed by atoms with Gasteiger partial charge < -0.3 is 0 Å². The number of hydrogen-bond acceptors (Lipinski definition) is 1. The Balaban J connectivity index is 3.81. The van der Waals surface area contributed by atoms with Crippen LogP contribution in [-0.4, -0.2) is 18.6 Å². The van der Waals surface area contributed by atoms with Crippen LogP contribution in [0, 0.1) is 0 Å². The van der Waals surface area contributed by atoms with E-state index in [1.807, 2.05) is 19.2 Å². The minimum absolute atomic E-state index is 0.0372. The van der Waals surface area contributed by atoms with Gasteiger partial charge in [0.05, 0.1) is 5.38 Å². The highest BCUT2D eigenvalue weighted by Gasteiger charge is 1.93. The molecule has 11 heavy (non-hydrogen) atoms. The van der Waals surface area contributed by atoms with Gasteiger partial charge in [0.2, 0.25) is 0 Å². The fourth-order valence-corrected chi connectivity index (χ4v) is 0.740. The van der Waals surface area contributed by atoms with Crippen molar-refractivity contribution in [1.29, 1.82) is 0 Å². The number of alkyl halides is 1. The first-order valence-corrected chi connectivity index (χ1v) is 4.00. The Morgan fingerprint density at radius 3 is 2.82 bits per heavy atom. The fraction of sp³-hybridized carbons (Fsp3) is 0.444. The minimum Gasteiger partial charge on any atom is -0.296 e. The van der Waals surface area contributed by atoms with Gasteiger partial charge in [-0.05, 0) is 18.9 Å². The molecule has 0 aromatic rings. The smallest absolute Gasteiger partial charge is 0.0548 e. The Kier molecular flexibility index (Phi) is 5.86. The minimum atomic E-state index is 0.0372. The molecule has 0 aromatic heterocycles. The summed E-state index contributed by atoms with van der Waals surface area (Å²) in [5.74, 6) is 0. The number of rotatable bonds is 4. The maximum absolute atomic E-state index is 5.80. The zero-order chi connectivity index (χ0) is 8.69. The number of hydrogen-bond donors (Lipinski definition) is 0. The summed E-state index contributed by atoms with van der Waals surface area (Å²) in [6.45, 7) is 5.59. The zero-order valence-electron chi connectivity index (χ0n) is 7.05. The number of allylic oxidation sites excluding steroid dienone is 3. The van der Waals surface area contributed by atoms with Gasteiger partial charge in [0.1, 0.15) is 0 Å². The van der Waals surface area contributed by atoms with E-state index in [0.29, 0.717) is 0 Å². The van der Waals surface area contributed by atoms with E-state index in [0.717, 1.165) is 12.0 Å². The maximum atomic E-state index is 5.80. The van der Waals surface area contributed by atoms with Gasteiger partial charge in [-0.15, -0.1) is 18.2 Å². The molecule has 0 aromatic carbocycles. The normalized spacial score (nSPS) is 15.4. The second kappa shape index (κ2) is 6.17. The van der Waals surface area contributed by atoms with E-state index >= 15 is 0 Å². The third-order valence-electron chi connectivity index (χ3n) is 1.25. The fourth-order valence-electron chi connectivity index (χ4n) is 0.651. The van der Waals surface area contributed by atoms with Crippen LogP contribution in [0.2, 0.25) is 0 Å². The second-order valence-electron chi connectivity index (χ2n) is 2.32. The molecule has 0 aliphatic rings. The third kappa shape index (κ3) is 5.86. The van der Waals surface area contributed by atoms with Crippen LogP contribution in [-0.2, 0) is 0 Å². The molecule has 1 nitrogen and oxygen atoms in total. The van der Waals surface area contributed by atoms with Crippen LogP contribution in [0.4, 0.5) is 0 Å². The van der Waals surface area contributed by atoms with Gasteiger partial charge >= 0.3 is 0 Å². The predicted molar refractivity (Wildman–Crippen MR) is 52.6 cm³/mol. The summed E-state index contributed by atoms with van der Waals surface area (Å²) in [6, 6.07) is 0. The lowest BCUT2D eigenvalue weighted by molar-refractivity contribution is 1.06. The van der Waals surface area contributed by atoms with Crippen LogP contribution >= 0.6 is 11.6 Å². The Morgan fingerprint density at radius 2 is 2.36 bits per heavy atom. The van der Waals surface area contributed by atoms with E-state index in [9.17, 15) is 0 Å². The molecule has 0 radical (unpaired) electrons. The van der Waals surface area contributed by atoms with Crippen molar-refractivity contribution in [2.45, 2.75) is 18.7 Å². The summed E-state index contributed by atoms with van der Waals surface area (Å²) >= 11 is 5.80. The first-order chi connectivity index (χ1) is 5.20. The molecule has 2 heteroatoms. The quantitative estimate of drug-likeness (QED) is 0.351. The summed E-state index contributed by atoms with van der Waals surface area (Å²) in [7, 11) is 1.75. The van der Waals surface area contributed by atoms with E-state index in [4.69, 9.17) is 11.6 Å². The Hall–Kier alpha value is -0.560. The number of aliphatic imine (C=N–C) groups is 1. The van der Waals surface area contributed by atoms with Crippen molar-refractivity contribution in [2.24, 2.45) is 4.99 Å². The van der Waals surface area contributed by atoms with Crippen LogP contribution < -0.4 is 0 Å². The van der Waals surface area contributed by atoms with E-state index in [2.05, 4.69) is 11.6 Å². The Bertz CT molecular complexity index is 170. The van der Waals surface area contributed by atoms with Gasteiger partial charge in [-0.1, -0.05) is 12.2 Å². The molecule has 0 aliphatic heterocycles. The lowest BCUT2D eigenvalue weighted by atomic mass is 10.2. The first-order valence-electron chi connectivity index (χ1n) is 3.56. The summed E-state index contributed by atoms with van der Waals surface area (Å²) in [6.07, 6.45) is 6.41. The molecule has 0 spiro atoms. The molecule has 0 bridgehead atoms. The summed E-state index contributed by atoms with van der Waals surface area (Å²) in [5, 5.41) is 0.0372. The molecule has 1 atom stereocenters. The van der Waals surface area contributed by atoms with Gasteiger partial charge in [0, 0.05) is 13.3 Å². The van der Waals surface area contributed by atoms with Gasteiger partial charge in [0.25, 0.3) is 0 Å². The molecule has 1 unspecified atom stereocenters. The maximum Gasteiger partial charge on any atom is 0.0548 e. The summed E-state index contributed by atoms with van der Waals surface area (Å²) < 4.78 is 0. The van der Waals surface area contributed by atoms with Crippen LogP contribution in [0.3, 0.4) is 0 Å². The zero-order valence-corrected chi connectivity index (χ0v) is 7.80. The van der Waals surface area contributed by atoms with Crippen molar-refractivity contribution in [2.75, 3.05) is 7.05 Å². The predicted octanol–water partition coefficient (Wildman–Crippen LogP) is 2.82. The molecule has 0 fully saturated rings. The molecule has 0 rings (SSSR count). The molecule has 0 aliphatic carbocycles. The largest absolute Gasteiger partial charge is 0.296 e. The lowest BCUT2D eigenvalue weighted by Crippen LogP contribution is -1.90. The van der Waals surface area contributed by atoms with Crippen molar-refractivity contribution < 1.29 is 0 Å². The van der Waals surface area contributed by atoms with Crippen LogP contribution in [0.25, 0.3) is 0 Å². The van der Waals surface area contributed by atoms with Crippen LogP contribution in [0.1, 0.15) is 13.3 Å². The van der Waals surface area contributed by atoms with Crippen molar-refractivity contribution in [1.82, 2.24) is 0 Å². The van der Waals surface area contributed by atoms with Crippen molar-refractivity contribution in [3.8, 4) is 0 Å². The standard InChI is InChI=1S/C9H14ClN/c1-4-9(10)6-5-8(2)7-11-3/h4-5,7,9H,1,6H2,2-3H3/b8-5+,11-7+. The van der Waals surface area contributed by atoms with Gasteiger partial charge in [-0.2, -0.15) is 0 Å². The summed E-state index contributed by atoms with van der Waals surface area (Å²) in [4.78, 5) is 3.88. The highest BCUT2D eigenvalue weighted by Crippen LogP contribution is 2.05. The van der Waals surface area contributed by atoms with E-state index in [1.165, 1.54) is 0 Å². The average Bonchev–Trinajstić information content (AvgIpc) is 2.01. The molecular formula is C9H14ClN. The van der Waals surface area contributed by atoms with Crippen LogP contribution in [0.15, 0.2) is 29.3 Å². The van der Waals surface area contributed by atoms with Gasteiger partial charge in [-0.25, -0.2) is 0 Å². The highest BCUT2D eigenvalue weighted by atomic mass is 35.5. The molecule has 0 saturated carbocycles. The average molecular weight is 172 g/mol. The number of nitrogens with zero attached hydrogens (tertiary/aromatic N) is 1. The van der Waals surface area contributed by atoms with E-state index < -0.39 is 0 Å². The Labute approximate surface area is 73.5 Å². The summed E-state index contributed by atoms with van der Waals surface area (Å²) in [5.41, 5.74) is 1.14. The van der Waals surface area contributed by atoms with E-state index in [1.54, 1.807) is 13.1 Å². The molecule has 0 heterocycles. The van der Waals surface area contributed by atoms with Gasteiger partial charge in [0.15, 0.2) is 0 Å². The highest BCUT2D eigenvalue weighted by molar-refractivity contribution is 6.21. The van der Waals surface area contributed by atoms with Crippen molar-refractivity contribution in [3.63, 3.8) is 0 Å². The number of halogens is 1. The monoisotopic (exact) mass is 171 g/mol. The SMILES string of the molecule is C=CC(Cl)C/C=C(C)/C=N/C. The second-order valence-corrected chi connectivity index (χ2v) is 2.88. The topological polar surface area (TPSA) is 12.4 Å². The van der Waals surface area contributed by atoms with Gasteiger partial charge in [-0.3, -0.25) is 4.99 Å². The lowest BCUT2D eigenvalue weighted by Gasteiger charge is -1.97. The van der Waals surface area contributed by atoms with E-state index in [-0.39, 0.29) is 5.38 Å². The molecule has 0 N–H and O–H groups in total. The molecule has 0 saturated heterocycles.